The number of phenols is 1. The van der Waals surface area contributed by atoms with Crippen LogP contribution in [0.25, 0.3) is 33.0 Å². The van der Waals surface area contributed by atoms with Crippen molar-refractivity contribution in [2.45, 2.75) is 44.1 Å². The summed E-state index contributed by atoms with van der Waals surface area (Å²) in [5.41, 5.74) is 14.8. The summed E-state index contributed by atoms with van der Waals surface area (Å²) in [6.07, 6.45) is 2.90. The number of fused-ring (bicyclic) bond motifs is 7. The largest absolute Gasteiger partial charge is 0.507 e. The number of methoxy groups -OCH3 is 1. The molecule has 40 heavy (non-hydrogen) atoms. The predicted octanol–water partition coefficient (Wildman–Crippen LogP) is 6.86. The van der Waals surface area contributed by atoms with Crippen LogP contribution in [0.4, 0.5) is 5.69 Å². The summed E-state index contributed by atoms with van der Waals surface area (Å²) in [5, 5.41) is 13.4. The fourth-order valence-electron chi connectivity index (χ4n) is 8.14. The molecule has 1 aliphatic heterocycles. The van der Waals surface area contributed by atoms with E-state index in [9.17, 15) is 5.11 Å². The van der Waals surface area contributed by atoms with Gasteiger partial charge in [-0.05, 0) is 95.6 Å². The zero-order chi connectivity index (χ0) is 27.6. The first-order valence-corrected chi connectivity index (χ1v) is 14.5. The minimum absolute atomic E-state index is 0.210. The van der Waals surface area contributed by atoms with Gasteiger partial charge in [0.1, 0.15) is 11.5 Å². The summed E-state index contributed by atoms with van der Waals surface area (Å²) in [7, 11) is 1.70. The van der Waals surface area contributed by atoms with Crippen LogP contribution in [0.1, 0.15) is 44.2 Å². The van der Waals surface area contributed by atoms with Gasteiger partial charge >= 0.3 is 0 Å². The number of rotatable bonds is 3. The lowest BCUT2D eigenvalue weighted by atomic mass is 9.59. The van der Waals surface area contributed by atoms with E-state index in [1.165, 1.54) is 27.9 Å². The maximum Gasteiger partial charge on any atom is 0.127 e. The summed E-state index contributed by atoms with van der Waals surface area (Å²) in [4.78, 5) is 2.36. The zero-order valence-electron chi connectivity index (χ0n) is 23.7. The number of hydrogen-bond acceptors (Lipinski definition) is 5. The van der Waals surface area contributed by atoms with Gasteiger partial charge in [0.15, 0.2) is 0 Å². The number of nitrogens with zero attached hydrogens (tertiary/aromatic N) is 1. The Kier molecular flexibility index (Phi) is 5.88. The van der Waals surface area contributed by atoms with Crippen molar-refractivity contribution in [2.75, 3.05) is 38.3 Å². The van der Waals surface area contributed by atoms with Gasteiger partial charge in [-0.3, -0.25) is 0 Å². The molecule has 5 heteroatoms. The maximum absolute atomic E-state index is 11.5. The molecule has 4 aromatic carbocycles. The van der Waals surface area contributed by atoms with Crippen LogP contribution in [-0.2, 0) is 10.2 Å². The predicted molar refractivity (Wildman–Crippen MR) is 162 cm³/mol. The molecular weight excluding hydrogens is 496 g/mol. The smallest absolute Gasteiger partial charge is 0.127 e. The number of nitrogens with two attached hydrogens (primary N) is 1. The van der Waals surface area contributed by atoms with E-state index in [0.29, 0.717) is 11.7 Å². The van der Waals surface area contributed by atoms with E-state index in [4.69, 9.17) is 15.2 Å². The minimum Gasteiger partial charge on any atom is -0.507 e. The van der Waals surface area contributed by atoms with Gasteiger partial charge in [0.25, 0.3) is 0 Å². The van der Waals surface area contributed by atoms with Gasteiger partial charge < -0.3 is 25.2 Å². The third-order valence-electron chi connectivity index (χ3n) is 9.43. The molecule has 2 fully saturated rings. The van der Waals surface area contributed by atoms with Crippen LogP contribution >= 0.6 is 0 Å². The van der Waals surface area contributed by atoms with E-state index in [2.05, 4.69) is 73.3 Å². The highest BCUT2D eigenvalue weighted by Crippen LogP contribution is 2.61. The Balaban J connectivity index is 1.43. The molecular formula is C35H38N2O3. The molecule has 206 valence electrons. The van der Waals surface area contributed by atoms with Gasteiger partial charge in [0.2, 0.25) is 0 Å². The summed E-state index contributed by atoms with van der Waals surface area (Å²) in [6.45, 7) is 7.85. The molecule has 0 aromatic heterocycles. The van der Waals surface area contributed by atoms with E-state index >= 15 is 0 Å². The number of aromatic hydroxyl groups is 1. The molecule has 5 nitrogen and oxygen atoms in total. The lowest BCUT2D eigenvalue weighted by Crippen LogP contribution is -2.50. The summed E-state index contributed by atoms with van der Waals surface area (Å²) >= 11 is 0. The molecule has 0 amide bonds. The van der Waals surface area contributed by atoms with E-state index in [-0.39, 0.29) is 11.0 Å². The zero-order valence-corrected chi connectivity index (χ0v) is 23.7. The standard InChI is InChI=1S/C35H38N2O3/c1-22-19-34(2,36)21-35(20-22)29-7-5-4-6-25(29)33-28-16-26(32(39-3)17-27(28)31(38)18-30(33)35)23-8-10-24(11-9-23)37-12-14-40-15-13-37/h4-11,16-18,22,38H,12-15,19-21,36H2,1-3H3. The maximum atomic E-state index is 11.5. The summed E-state index contributed by atoms with van der Waals surface area (Å²) in [6, 6.07) is 23.8. The SMILES string of the molecule is COc1cc2c(O)cc3c(c2cc1-c1ccc(N2CCOCC2)cc1)-c1ccccc1C31CC(C)CC(C)(N)C1. The highest BCUT2D eigenvalue weighted by molar-refractivity contribution is 6.07. The number of benzene rings is 4. The summed E-state index contributed by atoms with van der Waals surface area (Å²) < 4.78 is 11.4. The Bertz CT molecular complexity index is 1600. The van der Waals surface area contributed by atoms with Crippen molar-refractivity contribution >= 4 is 16.5 Å². The van der Waals surface area contributed by atoms with Crippen LogP contribution in [0.2, 0.25) is 0 Å². The fourth-order valence-corrected chi connectivity index (χ4v) is 8.14. The number of ether oxygens (including phenoxy) is 2. The minimum atomic E-state index is -0.274. The fraction of sp³-hybridized carbons (Fsp3) is 0.371. The molecule has 3 aliphatic rings. The van der Waals surface area contributed by atoms with Crippen LogP contribution in [0.3, 0.4) is 0 Å². The van der Waals surface area contributed by atoms with Crippen molar-refractivity contribution in [3.05, 3.63) is 77.9 Å². The van der Waals surface area contributed by atoms with Crippen molar-refractivity contribution in [1.82, 2.24) is 0 Å². The Morgan fingerprint density at radius 2 is 1.68 bits per heavy atom. The van der Waals surface area contributed by atoms with Gasteiger partial charge in [0, 0.05) is 40.7 Å². The van der Waals surface area contributed by atoms with Gasteiger partial charge in [-0.15, -0.1) is 0 Å². The van der Waals surface area contributed by atoms with Crippen LogP contribution in [0.5, 0.6) is 11.5 Å². The second kappa shape index (κ2) is 9.25. The van der Waals surface area contributed by atoms with Gasteiger partial charge in [-0.2, -0.15) is 0 Å². The van der Waals surface area contributed by atoms with Crippen molar-refractivity contribution < 1.29 is 14.6 Å². The van der Waals surface area contributed by atoms with Crippen molar-refractivity contribution in [2.24, 2.45) is 11.7 Å². The quantitative estimate of drug-likeness (QED) is 0.301. The Labute approximate surface area is 236 Å². The first-order valence-electron chi connectivity index (χ1n) is 14.5. The van der Waals surface area contributed by atoms with Crippen molar-refractivity contribution in [3.8, 4) is 33.8 Å². The molecule has 1 spiro atoms. The Morgan fingerprint density at radius 1 is 0.925 bits per heavy atom. The monoisotopic (exact) mass is 534 g/mol. The molecule has 2 aliphatic carbocycles. The lowest BCUT2D eigenvalue weighted by molar-refractivity contribution is 0.122. The highest BCUT2D eigenvalue weighted by Gasteiger charge is 2.51. The molecule has 7 rings (SSSR count). The lowest BCUT2D eigenvalue weighted by Gasteiger charge is -2.47. The summed E-state index contributed by atoms with van der Waals surface area (Å²) in [5.74, 6) is 1.53. The van der Waals surface area contributed by atoms with Crippen LogP contribution in [-0.4, -0.2) is 44.1 Å². The Hall–Kier alpha value is -3.54. The van der Waals surface area contributed by atoms with Crippen LogP contribution in [0, 0.1) is 5.92 Å². The van der Waals surface area contributed by atoms with E-state index in [0.717, 1.165) is 73.2 Å². The second-order valence-corrected chi connectivity index (χ2v) is 12.5. The van der Waals surface area contributed by atoms with Gasteiger partial charge in [-0.25, -0.2) is 0 Å². The van der Waals surface area contributed by atoms with Gasteiger partial charge in [-0.1, -0.05) is 43.3 Å². The molecule has 4 aromatic rings. The first-order chi connectivity index (χ1) is 19.3. The van der Waals surface area contributed by atoms with E-state index in [1.54, 1.807) is 7.11 Å². The molecule has 3 atom stereocenters. The van der Waals surface area contributed by atoms with Crippen molar-refractivity contribution in [1.29, 1.82) is 0 Å². The van der Waals surface area contributed by atoms with E-state index < -0.39 is 0 Å². The molecule has 3 unspecified atom stereocenters. The van der Waals surface area contributed by atoms with Crippen LogP contribution < -0.4 is 15.4 Å². The third kappa shape index (κ3) is 3.90. The van der Waals surface area contributed by atoms with Crippen molar-refractivity contribution in [3.63, 3.8) is 0 Å². The Morgan fingerprint density at radius 3 is 2.40 bits per heavy atom. The van der Waals surface area contributed by atoms with Crippen LogP contribution in [0.15, 0.2) is 66.7 Å². The second-order valence-electron chi connectivity index (χ2n) is 12.5. The third-order valence-corrected chi connectivity index (χ3v) is 9.43. The molecule has 1 heterocycles. The molecule has 1 saturated carbocycles. The number of anilines is 1. The van der Waals surface area contributed by atoms with E-state index in [1.807, 2.05) is 12.1 Å². The molecule has 0 bridgehead atoms. The van der Waals surface area contributed by atoms with Gasteiger partial charge in [0.05, 0.1) is 20.3 Å². The number of morpholine rings is 1. The molecule has 3 N–H and O–H groups in total. The average Bonchev–Trinajstić information content (AvgIpc) is 3.20. The average molecular weight is 535 g/mol. The number of hydrogen-bond donors (Lipinski definition) is 2. The molecule has 1 saturated heterocycles. The number of phenolic OH excluding ortho intramolecular Hbond substituents is 1. The first kappa shape index (κ1) is 25.4. The molecule has 0 radical (unpaired) electrons. The highest BCUT2D eigenvalue weighted by atomic mass is 16.5. The topological polar surface area (TPSA) is 68.0 Å². The normalized spacial score (nSPS) is 25.7.